The number of aryl methyl sites for hydroxylation is 1. The number of aromatic nitrogens is 1. The van der Waals surface area contributed by atoms with Gasteiger partial charge in [-0.2, -0.15) is 0 Å². The van der Waals surface area contributed by atoms with Crippen molar-refractivity contribution in [2.75, 3.05) is 20.8 Å². The standard InChI is InChI=1S/C19H27N3O3S.2ClH/c1-6-19(20,7-2)11-21-17(23)16-12(3)22-18(26-16)13-8-9-14(24-4)15(10-13)25-5;;/h8-10H,6-7,11,20H2,1-5H3,(H,21,23);2*1H. The molecule has 0 aliphatic carbocycles. The zero-order chi connectivity index (χ0) is 19.3. The second kappa shape index (κ2) is 11.5. The Balaban J connectivity index is 0.00000364. The van der Waals surface area contributed by atoms with Crippen LogP contribution < -0.4 is 20.5 Å². The van der Waals surface area contributed by atoms with Crippen LogP contribution in [0, 0.1) is 6.92 Å². The summed E-state index contributed by atoms with van der Waals surface area (Å²) in [5.74, 6) is 1.15. The number of carbonyl (C=O) groups is 1. The van der Waals surface area contributed by atoms with Gasteiger partial charge in [-0.3, -0.25) is 4.79 Å². The van der Waals surface area contributed by atoms with Gasteiger partial charge in [-0.25, -0.2) is 4.98 Å². The number of halogens is 2. The fourth-order valence-electron chi connectivity index (χ4n) is 2.54. The molecule has 28 heavy (non-hydrogen) atoms. The average Bonchev–Trinajstić information content (AvgIpc) is 3.06. The molecular formula is C19H29Cl2N3O3S. The van der Waals surface area contributed by atoms with Crippen molar-refractivity contribution in [3.05, 3.63) is 28.8 Å². The van der Waals surface area contributed by atoms with Crippen LogP contribution in [0.2, 0.25) is 0 Å². The largest absolute Gasteiger partial charge is 0.493 e. The first-order valence-electron chi connectivity index (χ1n) is 8.64. The minimum Gasteiger partial charge on any atom is -0.493 e. The van der Waals surface area contributed by atoms with Crippen LogP contribution in [0.1, 0.15) is 42.1 Å². The first-order chi connectivity index (χ1) is 12.4. The molecule has 9 heteroatoms. The summed E-state index contributed by atoms with van der Waals surface area (Å²) >= 11 is 1.36. The van der Waals surface area contributed by atoms with Gasteiger partial charge in [0, 0.05) is 17.6 Å². The third kappa shape index (κ3) is 5.98. The maximum absolute atomic E-state index is 12.6. The molecule has 0 aliphatic heterocycles. The first-order valence-corrected chi connectivity index (χ1v) is 9.46. The molecule has 0 aliphatic rings. The van der Waals surface area contributed by atoms with Gasteiger partial charge in [-0.05, 0) is 38.0 Å². The van der Waals surface area contributed by atoms with Gasteiger partial charge >= 0.3 is 0 Å². The summed E-state index contributed by atoms with van der Waals surface area (Å²) in [4.78, 5) is 17.7. The van der Waals surface area contributed by atoms with Crippen molar-refractivity contribution in [2.45, 2.75) is 39.2 Å². The van der Waals surface area contributed by atoms with Gasteiger partial charge in [0.05, 0.1) is 19.9 Å². The number of rotatable bonds is 8. The van der Waals surface area contributed by atoms with Crippen LogP contribution in [-0.2, 0) is 0 Å². The molecule has 0 saturated heterocycles. The lowest BCUT2D eigenvalue weighted by Gasteiger charge is -2.26. The van der Waals surface area contributed by atoms with Crippen molar-refractivity contribution in [3.8, 4) is 22.1 Å². The highest BCUT2D eigenvalue weighted by atomic mass is 35.5. The van der Waals surface area contributed by atoms with Crippen LogP contribution >= 0.6 is 36.2 Å². The normalized spacial score (nSPS) is 10.5. The molecule has 1 aromatic heterocycles. The maximum atomic E-state index is 12.6. The molecule has 0 unspecified atom stereocenters. The van der Waals surface area contributed by atoms with E-state index in [4.69, 9.17) is 15.2 Å². The Labute approximate surface area is 183 Å². The van der Waals surface area contributed by atoms with Crippen LogP contribution in [0.4, 0.5) is 0 Å². The molecule has 3 N–H and O–H groups in total. The number of nitrogens with two attached hydrogens (primary N) is 1. The second-order valence-corrected chi connectivity index (χ2v) is 7.25. The molecule has 0 bridgehead atoms. The number of benzene rings is 1. The SMILES string of the molecule is CCC(N)(CC)CNC(=O)c1sc(-c2ccc(OC)c(OC)c2)nc1C.Cl.Cl. The maximum Gasteiger partial charge on any atom is 0.263 e. The lowest BCUT2D eigenvalue weighted by atomic mass is 9.94. The molecule has 2 aromatic rings. The number of hydrogen-bond acceptors (Lipinski definition) is 6. The number of nitrogens with one attached hydrogen (secondary N) is 1. The number of hydrogen-bond donors (Lipinski definition) is 2. The van der Waals surface area contributed by atoms with Crippen molar-refractivity contribution >= 4 is 42.1 Å². The number of carbonyl (C=O) groups excluding carboxylic acids is 1. The third-order valence-corrected chi connectivity index (χ3v) is 5.85. The lowest BCUT2D eigenvalue weighted by Crippen LogP contribution is -2.49. The predicted molar refractivity (Wildman–Crippen MR) is 120 cm³/mol. The van der Waals surface area contributed by atoms with E-state index in [-0.39, 0.29) is 36.3 Å². The summed E-state index contributed by atoms with van der Waals surface area (Å²) in [5, 5.41) is 3.71. The Morgan fingerprint density at radius 1 is 1.18 bits per heavy atom. The van der Waals surface area contributed by atoms with E-state index in [1.165, 1.54) is 11.3 Å². The van der Waals surface area contributed by atoms with Crippen molar-refractivity contribution < 1.29 is 14.3 Å². The van der Waals surface area contributed by atoms with E-state index in [1.807, 2.05) is 39.0 Å². The summed E-state index contributed by atoms with van der Waals surface area (Å²) in [6.07, 6.45) is 1.62. The summed E-state index contributed by atoms with van der Waals surface area (Å²) in [5.41, 5.74) is 7.47. The van der Waals surface area contributed by atoms with Gasteiger partial charge in [0.1, 0.15) is 9.88 Å². The monoisotopic (exact) mass is 449 g/mol. The van der Waals surface area contributed by atoms with Crippen molar-refractivity contribution in [3.63, 3.8) is 0 Å². The second-order valence-electron chi connectivity index (χ2n) is 6.26. The third-order valence-electron chi connectivity index (χ3n) is 4.64. The van der Waals surface area contributed by atoms with Crippen LogP contribution in [-0.4, -0.2) is 37.2 Å². The number of amides is 1. The molecule has 1 aromatic carbocycles. The van der Waals surface area contributed by atoms with Gasteiger partial charge < -0.3 is 20.5 Å². The summed E-state index contributed by atoms with van der Waals surface area (Å²) < 4.78 is 10.6. The van der Waals surface area contributed by atoms with Crippen LogP contribution in [0.25, 0.3) is 10.6 Å². The Kier molecular flexibility index (Phi) is 10.8. The van der Waals surface area contributed by atoms with E-state index in [0.717, 1.165) is 23.4 Å². The van der Waals surface area contributed by atoms with Gasteiger partial charge in [0.15, 0.2) is 11.5 Å². The highest BCUT2D eigenvalue weighted by Gasteiger charge is 2.23. The molecule has 6 nitrogen and oxygen atoms in total. The number of methoxy groups -OCH3 is 2. The molecule has 0 fully saturated rings. The lowest BCUT2D eigenvalue weighted by molar-refractivity contribution is 0.0945. The Morgan fingerprint density at radius 2 is 1.79 bits per heavy atom. The fraction of sp³-hybridized carbons (Fsp3) is 0.474. The first kappa shape index (κ1) is 26.5. The summed E-state index contributed by atoms with van der Waals surface area (Å²) in [6.45, 7) is 6.35. The minimum atomic E-state index is -0.375. The van der Waals surface area contributed by atoms with Crippen LogP contribution in [0.5, 0.6) is 11.5 Å². The molecule has 0 radical (unpaired) electrons. The van der Waals surface area contributed by atoms with Crippen molar-refractivity contribution in [1.82, 2.24) is 10.3 Å². The summed E-state index contributed by atoms with van der Waals surface area (Å²) in [7, 11) is 3.19. The Bertz CT molecular complexity index is 780. The number of thiazole rings is 1. The predicted octanol–water partition coefficient (Wildman–Crippen LogP) is 4.23. The number of nitrogens with zero attached hydrogens (tertiary/aromatic N) is 1. The van der Waals surface area contributed by atoms with Gasteiger partial charge in [-0.1, -0.05) is 13.8 Å². The molecular weight excluding hydrogens is 421 g/mol. The molecule has 0 saturated carbocycles. The molecule has 0 atom stereocenters. The van der Waals surface area contributed by atoms with Crippen LogP contribution in [0.3, 0.4) is 0 Å². The molecule has 1 amide bonds. The quantitative estimate of drug-likeness (QED) is 0.629. The van der Waals surface area contributed by atoms with E-state index in [2.05, 4.69) is 10.3 Å². The van der Waals surface area contributed by atoms with E-state index < -0.39 is 0 Å². The topological polar surface area (TPSA) is 86.5 Å². The summed E-state index contributed by atoms with van der Waals surface area (Å²) in [6, 6.07) is 5.59. The molecule has 1 heterocycles. The highest BCUT2D eigenvalue weighted by Crippen LogP contribution is 2.35. The van der Waals surface area contributed by atoms with Gasteiger partial charge in [-0.15, -0.1) is 36.2 Å². The smallest absolute Gasteiger partial charge is 0.263 e. The molecule has 0 spiro atoms. The van der Waals surface area contributed by atoms with E-state index in [9.17, 15) is 4.79 Å². The molecule has 158 valence electrons. The van der Waals surface area contributed by atoms with Gasteiger partial charge in [0.2, 0.25) is 0 Å². The zero-order valence-corrected chi connectivity index (χ0v) is 19.3. The Morgan fingerprint density at radius 3 is 2.32 bits per heavy atom. The van der Waals surface area contributed by atoms with Gasteiger partial charge in [0.25, 0.3) is 5.91 Å². The Hall–Kier alpha value is -1.54. The van der Waals surface area contributed by atoms with Crippen LogP contribution in [0.15, 0.2) is 18.2 Å². The van der Waals surface area contributed by atoms with E-state index >= 15 is 0 Å². The van der Waals surface area contributed by atoms with Crippen molar-refractivity contribution in [2.24, 2.45) is 5.73 Å². The minimum absolute atomic E-state index is 0. The van der Waals surface area contributed by atoms with E-state index in [0.29, 0.717) is 28.6 Å². The van der Waals surface area contributed by atoms with E-state index in [1.54, 1.807) is 14.2 Å². The number of ether oxygens (including phenoxy) is 2. The fourth-order valence-corrected chi connectivity index (χ4v) is 3.52. The molecule has 2 rings (SSSR count). The zero-order valence-electron chi connectivity index (χ0n) is 16.8. The van der Waals surface area contributed by atoms with Crippen molar-refractivity contribution in [1.29, 1.82) is 0 Å². The average molecular weight is 450 g/mol. The highest BCUT2D eigenvalue weighted by molar-refractivity contribution is 7.17.